The molecule has 1 aliphatic heterocycles. The summed E-state index contributed by atoms with van der Waals surface area (Å²) >= 11 is 1.11. The van der Waals surface area contributed by atoms with Crippen molar-refractivity contribution in [2.75, 3.05) is 24.2 Å². The van der Waals surface area contributed by atoms with Crippen LogP contribution in [0.4, 0.5) is 16.2 Å². The molecule has 0 bridgehead atoms. The minimum Gasteiger partial charge on any atom is -0.465 e. The SMILES string of the molecule is CCCOC(=O)c1ccccc1C1c2sc(C(=O)Nc3ccccc3N)nc2CCN1C(=O)O. The molecule has 0 fully saturated rings. The number of para-hydroxylation sites is 2. The third kappa shape index (κ3) is 4.58. The number of carbonyl (C=O) groups excluding carboxylic acids is 2. The number of nitrogens with one attached hydrogen (secondary N) is 1. The van der Waals surface area contributed by atoms with Gasteiger partial charge in [0.25, 0.3) is 5.91 Å². The lowest BCUT2D eigenvalue weighted by Crippen LogP contribution is -2.39. The van der Waals surface area contributed by atoms with E-state index in [1.165, 1.54) is 4.90 Å². The van der Waals surface area contributed by atoms with Gasteiger partial charge >= 0.3 is 12.1 Å². The molecule has 176 valence electrons. The number of thiazole rings is 1. The van der Waals surface area contributed by atoms with Crippen LogP contribution in [0.15, 0.2) is 48.5 Å². The van der Waals surface area contributed by atoms with Gasteiger partial charge in [-0.05, 0) is 30.2 Å². The fourth-order valence-corrected chi connectivity index (χ4v) is 4.99. The number of ether oxygens (including phenoxy) is 1. The van der Waals surface area contributed by atoms with E-state index in [-0.39, 0.29) is 23.7 Å². The van der Waals surface area contributed by atoms with Crippen LogP contribution in [0.5, 0.6) is 0 Å². The summed E-state index contributed by atoms with van der Waals surface area (Å²) in [5.41, 5.74) is 8.23. The van der Waals surface area contributed by atoms with E-state index in [1.54, 1.807) is 48.5 Å². The maximum absolute atomic E-state index is 12.9. The Balaban J connectivity index is 1.73. The number of carbonyl (C=O) groups is 3. The van der Waals surface area contributed by atoms with E-state index in [0.717, 1.165) is 11.3 Å². The standard InChI is InChI=1S/C24H24N4O5S/c1-2-13-33-23(30)15-8-4-3-7-14(15)19-20-18(11-12-28(19)24(31)32)27-22(34-20)21(29)26-17-10-6-5-9-16(17)25/h3-10,19H,2,11-13,25H2,1H3,(H,26,29)(H,31,32). The molecule has 0 saturated carbocycles. The average molecular weight is 481 g/mol. The Hall–Kier alpha value is -3.92. The molecule has 0 saturated heterocycles. The third-order valence-electron chi connectivity index (χ3n) is 5.44. The zero-order valence-electron chi connectivity index (χ0n) is 18.5. The summed E-state index contributed by atoms with van der Waals surface area (Å²) < 4.78 is 5.32. The van der Waals surface area contributed by atoms with Gasteiger partial charge in [-0.1, -0.05) is 37.3 Å². The number of benzene rings is 2. The minimum atomic E-state index is -1.12. The molecule has 9 nitrogen and oxygen atoms in total. The van der Waals surface area contributed by atoms with Gasteiger partial charge in [-0.2, -0.15) is 0 Å². The van der Waals surface area contributed by atoms with E-state index in [4.69, 9.17) is 10.5 Å². The summed E-state index contributed by atoms with van der Waals surface area (Å²) in [5, 5.41) is 12.9. The first kappa shape index (κ1) is 23.2. The summed E-state index contributed by atoms with van der Waals surface area (Å²) in [4.78, 5) is 44.1. The van der Waals surface area contributed by atoms with Crippen LogP contribution in [0.25, 0.3) is 0 Å². The molecule has 0 radical (unpaired) electrons. The number of carboxylic acid groups (broad SMARTS) is 1. The van der Waals surface area contributed by atoms with Crippen LogP contribution in [0.2, 0.25) is 0 Å². The number of hydrogen-bond donors (Lipinski definition) is 3. The molecule has 2 amide bonds. The smallest absolute Gasteiger partial charge is 0.408 e. The predicted octanol–water partition coefficient (Wildman–Crippen LogP) is 4.17. The molecule has 1 atom stereocenters. The van der Waals surface area contributed by atoms with Crippen LogP contribution < -0.4 is 11.1 Å². The lowest BCUT2D eigenvalue weighted by Gasteiger charge is -2.33. The van der Waals surface area contributed by atoms with E-state index >= 15 is 0 Å². The number of amides is 2. The van der Waals surface area contributed by atoms with Crippen LogP contribution in [-0.2, 0) is 11.2 Å². The van der Waals surface area contributed by atoms with Crippen molar-refractivity contribution >= 4 is 40.7 Å². The van der Waals surface area contributed by atoms with E-state index in [0.29, 0.717) is 40.4 Å². The Morgan fingerprint density at radius 3 is 2.68 bits per heavy atom. The first-order valence-corrected chi connectivity index (χ1v) is 11.6. The van der Waals surface area contributed by atoms with Gasteiger partial charge < -0.3 is 20.9 Å². The van der Waals surface area contributed by atoms with Crippen molar-refractivity contribution in [3.63, 3.8) is 0 Å². The van der Waals surface area contributed by atoms with E-state index < -0.39 is 24.0 Å². The van der Waals surface area contributed by atoms with Gasteiger partial charge in [0, 0.05) is 13.0 Å². The Kier molecular flexibility index (Phi) is 6.78. The fourth-order valence-electron chi connectivity index (χ4n) is 3.85. The zero-order chi connectivity index (χ0) is 24.2. The monoisotopic (exact) mass is 480 g/mol. The lowest BCUT2D eigenvalue weighted by molar-refractivity contribution is 0.0500. The van der Waals surface area contributed by atoms with Crippen LogP contribution in [0.1, 0.15) is 55.7 Å². The number of rotatable bonds is 6. The maximum atomic E-state index is 12.9. The van der Waals surface area contributed by atoms with Crippen LogP contribution in [-0.4, -0.2) is 46.1 Å². The Morgan fingerprint density at radius 1 is 1.21 bits per heavy atom. The number of nitrogen functional groups attached to an aromatic ring is 1. The molecule has 0 aliphatic carbocycles. The highest BCUT2D eigenvalue weighted by Gasteiger charge is 2.37. The summed E-state index contributed by atoms with van der Waals surface area (Å²) in [6, 6.07) is 12.9. The first-order chi connectivity index (χ1) is 16.4. The Bertz CT molecular complexity index is 1240. The summed E-state index contributed by atoms with van der Waals surface area (Å²) in [7, 11) is 0. The third-order valence-corrected chi connectivity index (χ3v) is 6.59. The minimum absolute atomic E-state index is 0.182. The molecular formula is C24H24N4O5S. The van der Waals surface area contributed by atoms with E-state index in [9.17, 15) is 19.5 Å². The number of aromatic nitrogens is 1. The normalized spacial score (nSPS) is 14.9. The van der Waals surface area contributed by atoms with Crippen molar-refractivity contribution in [2.24, 2.45) is 0 Å². The second kappa shape index (κ2) is 9.92. The largest absolute Gasteiger partial charge is 0.465 e. The van der Waals surface area contributed by atoms with Crippen molar-refractivity contribution in [1.29, 1.82) is 0 Å². The predicted molar refractivity (Wildman–Crippen MR) is 128 cm³/mol. The summed E-state index contributed by atoms with van der Waals surface area (Å²) in [6.45, 7) is 2.34. The molecule has 1 aliphatic rings. The van der Waals surface area contributed by atoms with Crippen molar-refractivity contribution in [3.05, 3.63) is 75.2 Å². The van der Waals surface area contributed by atoms with E-state index in [2.05, 4.69) is 10.3 Å². The summed E-state index contributed by atoms with van der Waals surface area (Å²) in [5.74, 6) is -0.953. The van der Waals surface area contributed by atoms with Crippen LogP contribution >= 0.6 is 11.3 Å². The van der Waals surface area contributed by atoms with Gasteiger partial charge in [-0.15, -0.1) is 11.3 Å². The zero-order valence-corrected chi connectivity index (χ0v) is 19.3. The summed E-state index contributed by atoms with van der Waals surface area (Å²) in [6.07, 6.45) is -0.0938. The van der Waals surface area contributed by atoms with E-state index in [1.807, 2.05) is 6.92 Å². The van der Waals surface area contributed by atoms with Gasteiger partial charge in [-0.3, -0.25) is 9.69 Å². The molecule has 4 rings (SSSR count). The molecule has 2 heterocycles. The topological polar surface area (TPSA) is 135 Å². The number of anilines is 2. The Morgan fingerprint density at radius 2 is 1.94 bits per heavy atom. The van der Waals surface area contributed by atoms with Gasteiger partial charge in [0.15, 0.2) is 5.01 Å². The average Bonchev–Trinajstić information content (AvgIpc) is 3.28. The molecule has 0 spiro atoms. The van der Waals surface area contributed by atoms with Crippen molar-refractivity contribution in [3.8, 4) is 0 Å². The molecule has 4 N–H and O–H groups in total. The van der Waals surface area contributed by atoms with Crippen molar-refractivity contribution in [2.45, 2.75) is 25.8 Å². The maximum Gasteiger partial charge on any atom is 0.408 e. The number of esters is 1. The molecule has 1 unspecified atom stereocenters. The van der Waals surface area contributed by atoms with Gasteiger partial charge in [-0.25, -0.2) is 14.6 Å². The molecule has 3 aromatic rings. The fraction of sp³-hybridized carbons (Fsp3) is 0.250. The number of nitrogens with zero attached hydrogens (tertiary/aromatic N) is 2. The van der Waals surface area contributed by atoms with Gasteiger partial charge in [0.2, 0.25) is 0 Å². The first-order valence-electron chi connectivity index (χ1n) is 10.8. The quantitative estimate of drug-likeness (QED) is 0.356. The van der Waals surface area contributed by atoms with Gasteiger partial charge in [0.05, 0.1) is 40.2 Å². The number of fused-ring (bicyclic) bond motifs is 1. The molecular weight excluding hydrogens is 456 g/mol. The lowest BCUT2D eigenvalue weighted by atomic mass is 9.94. The second-order valence-electron chi connectivity index (χ2n) is 7.72. The number of nitrogens with two attached hydrogens (primary N) is 1. The van der Waals surface area contributed by atoms with Crippen LogP contribution in [0, 0.1) is 0 Å². The molecule has 10 heteroatoms. The highest BCUT2D eigenvalue weighted by molar-refractivity contribution is 7.14. The number of hydrogen-bond acceptors (Lipinski definition) is 7. The highest BCUT2D eigenvalue weighted by atomic mass is 32.1. The second-order valence-corrected chi connectivity index (χ2v) is 8.75. The molecule has 1 aromatic heterocycles. The van der Waals surface area contributed by atoms with Crippen molar-refractivity contribution in [1.82, 2.24) is 9.88 Å². The van der Waals surface area contributed by atoms with Crippen molar-refractivity contribution < 1.29 is 24.2 Å². The van der Waals surface area contributed by atoms with Gasteiger partial charge in [0.1, 0.15) is 0 Å². The Labute approximate surface area is 200 Å². The molecule has 34 heavy (non-hydrogen) atoms. The highest BCUT2D eigenvalue weighted by Crippen LogP contribution is 2.40. The van der Waals surface area contributed by atoms with Crippen LogP contribution in [0.3, 0.4) is 0 Å². The molecule has 2 aromatic carbocycles.